The van der Waals surface area contributed by atoms with Gasteiger partial charge < -0.3 is 10.2 Å². The minimum atomic E-state index is -0.874. The minimum Gasteiger partial charge on any atom is -0.481 e. The molecule has 6 rings (SSSR count). The Morgan fingerprint density at radius 1 is 0.882 bits per heavy atom. The Morgan fingerprint density at radius 2 is 1.53 bits per heavy atom. The first-order valence-electron chi connectivity index (χ1n) is 17.8. The summed E-state index contributed by atoms with van der Waals surface area (Å²) in [5.41, 5.74) is 6.89. The van der Waals surface area contributed by atoms with E-state index in [4.69, 9.17) is 9.98 Å². The van der Waals surface area contributed by atoms with Crippen LogP contribution in [0.5, 0.6) is 0 Å². The van der Waals surface area contributed by atoms with E-state index in [1.807, 2.05) is 50.3 Å². The summed E-state index contributed by atoms with van der Waals surface area (Å²) in [6.07, 6.45) is 14.4. The van der Waals surface area contributed by atoms with Crippen LogP contribution < -0.4 is 0 Å². The van der Waals surface area contributed by atoms with E-state index >= 15 is 0 Å². The molecule has 0 spiro atoms. The van der Waals surface area contributed by atoms with Gasteiger partial charge in [0.15, 0.2) is 0 Å². The molecule has 260 valence electrons. The average molecular weight is 679 g/mol. The number of carboxylic acids is 2. The van der Waals surface area contributed by atoms with E-state index in [-0.39, 0.29) is 18.8 Å². The Morgan fingerprint density at radius 3 is 2.24 bits per heavy atom. The summed E-state index contributed by atoms with van der Waals surface area (Å²) in [6, 6.07) is 22.9. The zero-order chi connectivity index (χ0) is 36.3. The quantitative estimate of drug-likeness (QED) is 0.183. The van der Waals surface area contributed by atoms with Crippen LogP contribution in [0.4, 0.5) is 0 Å². The van der Waals surface area contributed by atoms with Crippen LogP contribution in [-0.4, -0.2) is 32.8 Å². The molecule has 2 aliphatic rings. The van der Waals surface area contributed by atoms with Crippen molar-refractivity contribution in [1.29, 1.82) is 0 Å². The first-order chi connectivity index (χ1) is 24.4. The maximum absolute atomic E-state index is 12.5. The average Bonchev–Trinajstić information content (AvgIpc) is 3.35. The van der Waals surface area contributed by atoms with Gasteiger partial charge >= 0.3 is 11.9 Å². The standard InChI is InChI=1S/C45H46N2O4/c1-6-33-24-29(2)12-11-21-44(22-19-41(48)49,30(3)17-18-31(4)46-32(33)5)28-45(23-20-42(50)51)38-26-35-14-8-7-13-34(35)25-37(38)43-39(45)27-36-15-9-10-16-40(36)47-43/h7-18,21,24-27,30H,5-6,19-20,22-23,28H2,1-4H3,(H,48,49)(H,50,51)/b18-17-,21-11-,29-12+,33-24+,46-31+. The van der Waals surface area contributed by atoms with E-state index in [9.17, 15) is 19.8 Å². The lowest BCUT2D eigenvalue weighted by atomic mass is 9.58. The predicted molar refractivity (Wildman–Crippen MR) is 208 cm³/mol. The Labute approximate surface area is 300 Å². The number of aliphatic imine (C=N–C) groups is 1. The van der Waals surface area contributed by atoms with E-state index in [1.54, 1.807) is 0 Å². The van der Waals surface area contributed by atoms with Gasteiger partial charge in [0.1, 0.15) is 0 Å². The van der Waals surface area contributed by atoms with E-state index in [1.165, 1.54) is 0 Å². The molecule has 51 heavy (non-hydrogen) atoms. The molecule has 0 radical (unpaired) electrons. The second kappa shape index (κ2) is 14.5. The van der Waals surface area contributed by atoms with Crippen LogP contribution in [0.1, 0.15) is 77.3 Å². The highest BCUT2D eigenvalue weighted by Crippen LogP contribution is 2.59. The molecule has 3 unspecified atom stereocenters. The van der Waals surface area contributed by atoms with Crippen LogP contribution in [-0.2, 0) is 15.0 Å². The lowest BCUT2D eigenvalue weighted by Gasteiger charge is -2.44. The molecule has 0 bridgehead atoms. The number of nitrogens with zero attached hydrogens (tertiary/aromatic N) is 2. The molecule has 1 aliphatic heterocycles. The minimum absolute atomic E-state index is 0.0443. The van der Waals surface area contributed by atoms with Gasteiger partial charge in [-0.2, -0.15) is 0 Å². The fourth-order valence-electron chi connectivity index (χ4n) is 8.11. The molecule has 0 saturated carbocycles. The maximum Gasteiger partial charge on any atom is 0.303 e. The van der Waals surface area contributed by atoms with Crippen LogP contribution in [0.3, 0.4) is 0 Å². The number of carboxylic acid groups (broad SMARTS) is 2. The molecule has 3 atom stereocenters. The predicted octanol–water partition coefficient (Wildman–Crippen LogP) is 10.8. The fraction of sp³-hybridized carbons (Fsp3) is 0.289. The summed E-state index contributed by atoms with van der Waals surface area (Å²) in [7, 11) is 0. The number of para-hydroxylation sites is 1. The van der Waals surface area contributed by atoms with Gasteiger partial charge in [-0.3, -0.25) is 14.6 Å². The molecule has 0 fully saturated rings. The van der Waals surface area contributed by atoms with Gasteiger partial charge in [0.25, 0.3) is 0 Å². The summed E-state index contributed by atoms with van der Waals surface area (Å²) in [5.74, 6) is -1.90. The van der Waals surface area contributed by atoms with Crippen molar-refractivity contribution in [2.45, 2.75) is 71.6 Å². The molecule has 3 aromatic carbocycles. The second-order valence-electron chi connectivity index (χ2n) is 14.2. The van der Waals surface area contributed by atoms with Crippen molar-refractivity contribution in [2.75, 3.05) is 0 Å². The molecule has 2 N–H and O–H groups in total. The monoisotopic (exact) mass is 678 g/mol. The molecule has 6 heteroatoms. The number of pyridine rings is 1. The van der Waals surface area contributed by atoms with Crippen LogP contribution in [0.15, 0.2) is 132 Å². The topological polar surface area (TPSA) is 99.8 Å². The number of aromatic nitrogens is 1. The third-order valence-electron chi connectivity index (χ3n) is 10.9. The molecule has 1 aliphatic carbocycles. The Bertz CT molecular complexity index is 2120. The number of benzene rings is 3. The summed E-state index contributed by atoms with van der Waals surface area (Å²) >= 11 is 0. The summed E-state index contributed by atoms with van der Waals surface area (Å²) in [4.78, 5) is 34.9. The molecule has 6 nitrogen and oxygen atoms in total. The molecular formula is C45H46N2O4. The smallest absolute Gasteiger partial charge is 0.303 e. The van der Waals surface area contributed by atoms with E-state index in [0.717, 1.165) is 73.0 Å². The molecule has 4 aromatic rings. The lowest BCUT2D eigenvalue weighted by Crippen LogP contribution is -2.38. The normalized spacial score (nSPS) is 26.2. The Balaban J connectivity index is 1.66. The molecule has 0 amide bonds. The largest absolute Gasteiger partial charge is 0.481 e. The van der Waals surface area contributed by atoms with Gasteiger partial charge in [0.2, 0.25) is 0 Å². The van der Waals surface area contributed by atoms with Gasteiger partial charge in [-0.1, -0.05) is 98.8 Å². The van der Waals surface area contributed by atoms with Crippen LogP contribution in [0.2, 0.25) is 0 Å². The van der Waals surface area contributed by atoms with Gasteiger partial charge in [0, 0.05) is 34.9 Å². The highest BCUT2D eigenvalue weighted by molar-refractivity contribution is 5.96. The lowest BCUT2D eigenvalue weighted by molar-refractivity contribution is -0.138. The number of allylic oxidation sites excluding steroid dienone is 8. The van der Waals surface area contributed by atoms with Gasteiger partial charge in [0.05, 0.1) is 16.9 Å². The highest BCUT2D eigenvalue weighted by atomic mass is 16.4. The fourth-order valence-corrected chi connectivity index (χ4v) is 8.11. The van der Waals surface area contributed by atoms with Crippen molar-refractivity contribution in [3.63, 3.8) is 0 Å². The molecule has 0 saturated heterocycles. The highest BCUT2D eigenvalue weighted by Gasteiger charge is 2.50. The van der Waals surface area contributed by atoms with Crippen molar-refractivity contribution < 1.29 is 19.8 Å². The molecular weight excluding hydrogens is 633 g/mol. The van der Waals surface area contributed by atoms with Crippen molar-refractivity contribution in [2.24, 2.45) is 16.3 Å². The number of rotatable bonds is 9. The number of hydrogen-bond donors (Lipinski definition) is 2. The zero-order valence-corrected chi connectivity index (χ0v) is 29.9. The maximum atomic E-state index is 12.5. The first-order valence-corrected chi connectivity index (χ1v) is 17.8. The summed E-state index contributed by atoms with van der Waals surface area (Å²) < 4.78 is 0. The third kappa shape index (κ3) is 7.14. The Kier molecular flexibility index (Phi) is 10.1. The summed E-state index contributed by atoms with van der Waals surface area (Å²) in [6.45, 7) is 12.5. The van der Waals surface area contributed by atoms with Gasteiger partial charge in [-0.05, 0) is 109 Å². The van der Waals surface area contributed by atoms with Crippen LogP contribution in [0.25, 0.3) is 32.9 Å². The van der Waals surface area contributed by atoms with E-state index in [2.05, 4.69) is 87.2 Å². The van der Waals surface area contributed by atoms with Crippen molar-refractivity contribution in [3.05, 3.63) is 138 Å². The van der Waals surface area contributed by atoms with Crippen LogP contribution >= 0.6 is 0 Å². The molecule has 2 heterocycles. The van der Waals surface area contributed by atoms with Gasteiger partial charge in [-0.25, -0.2) is 4.98 Å². The molecule has 1 aromatic heterocycles. The first kappa shape index (κ1) is 35.5. The number of aliphatic carboxylic acids is 2. The van der Waals surface area contributed by atoms with Crippen molar-refractivity contribution in [1.82, 2.24) is 4.98 Å². The van der Waals surface area contributed by atoms with E-state index < -0.39 is 22.8 Å². The second-order valence-corrected chi connectivity index (χ2v) is 14.2. The van der Waals surface area contributed by atoms with Crippen molar-refractivity contribution in [3.8, 4) is 11.3 Å². The number of hydrogen-bond acceptors (Lipinski definition) is 4. The Hall–Kier alpha value is -5.36. The third-order valence-corrected chi connectivity index (χ3v) is 10.9. The van der Waals surface area contributed by atoms with E-state index in [0.29, 0.717) is 19.3 Å². The summed E-state index contributed by atoms with van der Waals surface area (Å²) in [5, 5.41) is 23.5. The number of fused-ring (bicyclic) bond motifs is 5. The van der Waals surface area contributed by atoms with Crippen LogP contribution in [0, 0.1) is 11.3 Å². The van der Waals surface area contributed by atoms with Gasteiger partial charge in [-0.15, -0.1) is 0 Å². The van der Waals surface area contributed by atoms with Crippen molar-refractivity contribution >= 4 is 39.3 Å². The number of carbonyl (C=O) groups is 2. The SMILES string of the molecule is C=C1/N=C(C)/C=C\C(C)C(CCC(=O)O)(CC2(CCC(=O)O)c3cc4ccccc4cc3-c3nc4ccccc4cc32)\C=C/C=C(C)/C=C/1CC. The zero-order valence-electron chi connectivity index (χ0n) is 29.9.